The number of Topliss-reactive ketones (excluding diaryl/α,β-unsaturated/α-hetero) is 1. The van der Waals surface area contributed by atoms with Crippen LogP contribution in [0.2, 0.25) is 0 Å². The summed E-state index contributed by atoms with van der Waals surface area (Å²) in [7, 11) is 2.87. The zero-order chi connectivity index (χ0) is 20.3. The van der Waals surface area contributed by atoms with Gasteiger partial charge in [0.05, 0.1) is 30.8 Å². The van der Waals surface area contributed by atoms with Crippen molar-refractivity contribution in [3.8, 4) is 11.5 Å². The molecule has 0 fully saturated rings. The summed E-state index contributed by atoms with van der Waals surface area (Å²) in [5.74, 6) is 0.455. The Bertz CT molecular complexity index is 1080. The molecule has 0 aliphatic heterocycles. The van der Waals surface area contributed by atoms with Crippen LogP contribution in [-0.4, -0.2) is 29.9 Å². The number of para-hydroxylation sites is 1. The molecule has 7 nitrogen and oxygen atoms in total. The van der Waals surface area contributed by atoms with Crippen LogP contribution in [0.3, 0.4) is 0 Å². The summed E-state index contributed by atoms with van der Waals surface area (Å²) in [4.78, 5) is 26.5. The van der Waals surface area contributed by atoms with E-state index in [2.05, 4.69) is 4.98 Å². The Hall–Kier alpha value is -3.61. The maximum absolute atomic E-state index is 12.3. The topological polar surface area (TPSA) is 94.5 Å². The molecule has 2 aromatic carbocycles. The van der Waals surface area contributed by atoms with E-state index in [0.717, 1.165) is 16.5 Å². The third kappa shape index (κ3) is 3.73. The predicted octanol–water partition coefficient (Wildman–Crippen LogP) is 4.31. The number of benzene rings is 2. The molecule has 1 aromatic heterocycles. The molecule has 0 aliphatic carbocycles. The van der Waals surface area contributed by atoms with Crippen molar-refractivity contribution in [3.05, 3.63) is 69.4 Å². The molecular weight excluding hydrogens is 360 g/mol. The van der Waals surface area contributed by atoms with Crippen molar-refractivity contribution in [2.75, 3.05) is 14.2 Å². The number of H-pyrrole nitrogens is 1. The molecule has 28 heavy (non-hydrogen) atoms. The number of aromatic nitrogens is 1. The molecule has 7 heteroatoms. The standard InChI is InChI=1S/C21H20N2O5/c1-13(24)14(9-16-12-22-18-7-5-4-6-17(16)18)8-15-10-20(27-2)21(28-3)11-19(15)23(25)26/h4-8,10-12,22H,9H2,1-3H3/b14-8+. The van der Waals surface area contributed by atoms with E-state index in [9.17, 15) is 14.9 Å². The van der Waals surface area contributed by atoms with E-state index in [-0.39, 0.29) is 22.8 Å². The minimum Gasteiger partial charge on any atom is -0.493 e. The maximum Gasteiger partial charge on any atom is 0.280 e. The molecule has 0 unspecified atom stereocenters. The highest BCUT2D eigenvalue weighted by atomic mass is 16.6. The summed E-state index contributed by atoms with van der Waals surface area (Å²) in [5, 5.41) is 12.5. The molecule has 144 valence electrons. The molecule has 1 heterocycles. The lowest BCUT2D eigenvalue weighted by molar-refractivity contribution is -0.385. The van der Waals surface area contributed by atoms with E-state index in [0.29, 0.717) is 17.7 Å². The van der Waals surface area contributed by atoms with E-state index in [1.807, 2.05) is 30.5 Å². The first-order valence-corrected chi connectivity index (χ1v) is 8.61. The number of carbonyl (C=O) groups excluding carboxylic acids is 1. The Balaban J connectivity index is 2.09. The van der Waals surface area contributed by atoms with Crippen molar-refractivity contribution < 1.29 is 19.2 Å². The lowest BCUT2D eigenvalue weighted by Crippen LogP contribution is -2.02. The number of hydrogen-bond acceptors (Lipinski definition) is 5. The summed E-state index contributed by atoms with van der Waals surface area (Å²) in [6.45, 7) is 1.45. The fourth-order valence-electron chi connectivity index (χ4n) is 3.11. The zero-order valence-corrected chi connectivity index (χ0v) is 15.8. The molecule has 0 atom stereocenters. The minimum atomic E-state index is -0.503. The fraction of sp³-hybridized carbons (Fsp3) is 0.190. The third-order valence-corrected chi connectivity index (χ3v) is 4.57. The van der Waals surface area contributed by atoms with Gasteiger partial charge in [-0.15, -0.1) is 0 Å². The number of hydrogen-bond donors (Lipinski definition) is 1. The number of allylic oxidation sites excluding steroid dienone is 1. The molecule has 1 N–H and O–H groups in total. The van der Waals surface area contributed by atoms with Crippen LogP contribution >= 0.6 is 0 Å². The van der Waals surface area contributed by atoms with Gasteiger partial charge >= 0.3 is 0 Å². The number of aromatic amines is 1. The molecule has 0 amide bonds. The van der Waals surface area contributed by atoms with Gasteiger partial charge in [0, 0.05) is 29.1 Å². The van der Waals surface area contributed by atoms with E-state index >= 15 is 0 Å². The zero-order valence-electron chi connectivity index (χ0n) is 15.8. The van der Waals surface area contributed by atoms with Crippen molar-refractivity contribution in [2.24, 2.45) is 0 Å². The number of nitro groups is 1. The van der Waals surface area contributed by atoms with Gasteiger partial charge in [0.15, 0.2) is 17.3 Å². The number of rotatable bonds is 7. The normalized spacial score (nSPS) is 11.5. The maximum atomic E-state index is 12.3. The van der Waals surface area contributed by atoms with Crippen LogP contribution in [-0.2, 0) is 11.2 Å². The number of nitrogens with one attached hydrogen (secondary N) is 1. The number of ether oxygens (including phenoxy) is 2. The van der Waals surface area contributed by atoms with Gasteiger partial charge in [-0.25, -0.2) is 0 Å². The number of fused-ring (bicyclic) bond motifs is 1. The molecule has 0 radical (unpaired) electrons. The lowest BCUT2D eigenvalue weighted by Gasteiger charge is -2.10. The second kappa shape index (κ2) is 7.96. The van der Waals surface area contributed by atoms with Gasteiger partial charge in [-0.2, -0.15) is 0 Å². The second-order valence-corrected chi connectivity index (χ2v) is 6.29. The van der Waals surface area contributed by atoms with Crippen LogP contribution in [0, 0.1) is 10.1 Å². The second-order valence-electron chi connectivity index (χ2n) is 6.29. The number of nitrogens with zero attached hydrogens (tertiary/aromatic N) is 1. The number of ketones is 1. The molecule has 3 rings (SSSR count). The van der Waals surface area contributed by atoms with Crippen LogP contribution in [0.4, 0.5) is 5.69 Å². The van der Waals surface area contributed by atoms with E-state index in [1.54, 1.807) is 6.08 Å². The summed E-state index contributed by atoms with van der Waals surface area (Å²) >= 11 is 0. The third-order valence-electron chi connectivity index (χ3n) is 4.57. The average Bonchev–Trinajstić information content (AvgIpc) is 3.09. The van der Waals surface area contributed by atoms with Gasteiger partial charge in [0.2, 0.25) is 0 Å². The van der Waals surface area contributed by atoms with Crippen molar-refractivity contribution >= 4 is 28.4 Å². The van der Waals surface area contributed by atoms with Gasteiger partial charge in [-0.3, -0.25) is 14.9 Å². The smallest absolute Gasteiger partial charge is 0.280 e. The highest BCUT2D eigenvalue weighted by Crippen LogP contribution is 2.36. The van der Waals surface area contributed by atoms with Crippen molar-refractivity contribution in [1.29, 1.82) is 0 Å². The molecule has 0 saturated carbocycles. The van der Waals surface area contributed by atoms with Crippen LogP contribution in [0.15, 0.2) is 48.2 Å². The molecule has 0 bridgehead atoms. The average molecular weight is 380 g/mol. The minimum absolute atomic E-state index is 0.157. The molecule has 0 spiro atoms. The molecule has 0 aliphatic rings. The van der Waals surface area contributed by atoms with Gasteiger partial charge in [-0.05, 0) is 30.7 Å². The highest BCUT2D eigenvalue weighted by Gasteiger charge is 2.20. The van der Waals surface area contributed by atoms with Crippen molar-refractivity contribution in [3.63, 3.8) is 0 Å². The first-order chi connectivity index (χ1) is 13.4. The Morgan fingerprint density at radius 2 is 1.86 bits per heavy atom. The SMILES string of the molecule is COc1cc(/C=C(\Cc2c[nH]c3ccccc23)C(C)=O)c([N+](=O)[O-])cc1OC. The van der Waals surface area contributed by atoms with Crippen molar-refractivity contribution in [1.82, 2.24) is 4.98 Å². The van der Waals surface area contributed by atoms with E-state index in [4.69, 9.17) is 9.47 Å². The molecule has 3 aromatic rings. The number of methoxy groups -OCH3 is 2. The Labute approximate surface area is 161 Å². The van der Waals surface area contributed by atoms with Gasteiger partial charge in [-0.1, -0.05) is 18.2 Å². The van der Waals surface area contributed by atoms with Crippen LogP contribution in [0.25, 0.3) is 17.0 Å². The number of nitro benzene ring substituents is 1. The summed E-state index contributed by atoms with van der Waals surface area (Å²) in [5.41, 5.74) is 2.50. The number of carbonyl (C=O) groups is 1. The molecular formula is C21H20N2O5. The fourth-order valence-corrected chi connectivity index (χ4v) is 3.11. The summed E-state index contributed by atoms with van der Waals surface area (Å²) in [6, 6.07) is 10.6. The molecule has 0 saturated heterocycles. The van der Waals surface area contributed by atoms with Gasteiger partial charge < -0.3 is 14.5 Å². The van der Waals surface area contributed by atoms with Gasteiger partial charge in [0.1, 0.15) is 0 Å². The Morgan fingerprint density at radius 3 is 2.50 bits per heavy atom. The van der Waals surface area contributed by atoms with Crippen LogP contribution < -0.4 is 9.47 Å². The summed E-state index contributed by atoms with van der Waals surface area (Å²) in [6.07, 6.45) is 3.75. The predicted molar refractivity (Wildman–Crippen MR) is 107 cm³/mol. The Kier molecular flexibility index (Phi) is 5.44. The van der Waals surface area contributed by atoms with E-state index in [1.165, 1.54) is 33.3 Å². The van der Waals surface area contributed by atoms with Crippen LogP contribution in [0.1, 0.15) is 18.1 Å². The first-order valence-electron chi connectivity index (χ1n) is 8.61. The first kappa shape index (κ1) is 19.2. The quantitative estimate of drug-likeness (QED) is 0.374. The van der Waals surface area contributed by atoms with E-state index < -0.39 is 4.92 Å². The van der Waals surface area contributed by atoms with Crippen molar-refractivity contribution in [2.45, 2.75) is 13.3 Å². The lowest BCUT2D eigenvalue weighted by atomic mass is 9.98. The largest absolute Gasteiger partial charge is 0.493 e. The highest BCUT2D eigenvalue weighted by molar-refractivity contribution is 5.99. The monoisotopic (exact) mass is 380 g/mol. The van der Waals surface area contributed by atoms with Gasteiger partial charge in [0.25, 0.3) is 5.69 Å². The Morgan fingerprint density at radius 1 is 1.18 bits per heavy atom. The summed E-state index contributed by atoms with van der Waals surface area (Å²) < 4.78 is 10.4. The van der Waals surface area contributed by atoms with Crippen LogP contribution in [0.5, 0.6) is 11.5 Å².